The fourth-order valence-electron chi connectivity index (χ4n) is 1.33. The zero-order valence-electron chi connectivity index (χ0n) is 10.2. The molecule has 0 fully saturated rings. The number of hydrogen-bond acceptors (Lipinski definition) is 2. The standard InChI is InChI=1S/C12H17FN2O.ClH/c1-8-4-5-10(6-11(8)13)15-12(16)9(2)7-14-3;/h4-6,9,14H,7H2,1-3H3,(H,15,16);1H. The predicted octanol–water partition coefficient (Wildman–Crippen LogP) is 2.35. The van der Waals surface area contributed by atoms with Crippen molar-refractivity contribution >= 4 is 24.0 Å². The summed E-state index contributed by atoms with van der Waals surface area (Å²) in [6.07, 6.45) is 0. The third-order valence-corrected chi connectivity index (χ3v) is 2.40. The molecule has 1 rings (SSSR count). The maximum atomic E-state index is 13.2. The van der Waals surface area contributed by atoms with E-state index in [0.29, 0.717) is 17.8 Å². The van der Waals surface area contributed by atoms with Crippen LogP contribution in [0.15, 0.2) is 18.2 Å². The second-order valence-electron chi connectivity index (χ2n) is 3.91. The molecule has 1 amide bonds. The van der Waals surface area contributed by atoms with Crippen LogP contribution in [0.3, 0.4) is 0 Å². The first-order valence-electron chi connectivity index (χ1n) is 5.26. The van der Waals surface area contributed by atoms with Gasteiger partial charge in [-0.15, -0.1) is 12.4 Å². The van der Waals surface area contributed by atoms with Crippen molar-refractivity contribution in [2.75, 3.05) is 18.9 Å². The molecule has 0 radical (unpaired) electrons. The van der Waals surface area contributed by atoms with Crippen LogP contribution < -0.4 is 10.6 Å². The maximum absolute atomic E-state index is 13.2. The maximum Gasteiger partial charge on any atom is 0.228 e. The number of benzene rings is 1. The first kappa shape index (κ1) is 15.9. The van der Waals surface area contributed by atoms with Crippen LogP contribution in [-0.4, -0.2) is 19.5 Å². The average molecular weight is 261 g/mol. The van der Waals surface area contributed by atoms with Gasteiger partial charge in [-0.3, -0.25) is 4.79 Å². The van der Waals surface area contributed by atoms with Gasteiger partial charge in [0, 0.05) is 18.2 Å². The normalized spacial score (nSPS) is 11.5. The lowest BCUT2D eigenvalue weighted by Crippen LogP contribution is -2.28. The van der Waals surface area contributed by atoms with Crippen LogP contribution in [0.2, 0.25) is 0 Å². The van der Waals surface area contributed by atoms with Crippen molar-refractivity contribution in [2.24, 2.45) is 5.92 Å². The summed E-state index contributed by atoms with van der Waals surface area (Å²) < 4.78 is 13.2. The summed E-state index contributed by atoms with van der Waals surface area (Å²) >= 11 is 0. The molecular weight excluding hydrogens is 243 g/mol. The highest BCUT2D eigenvalue weighted by molar-refractivity contribution is 5.92. The first-order valence-corrected chi connectivity index (χ1v) is 5.26. The number of hydrogen-bond donors (Lipinski definition) is 2. The molecule has 0 aromatic heterocycles. The van der Waals surface area contributed by atoms with Crippen molar-refractivity contribution in [3.8, 4) is 0 Å². The summed E-state index contributed by atoms with van der Waals surface area (Å²) in [7, 11) is 1.79. The molecule has 0 aliphatic carbocycles. The van der Waals surface area contributed by atoms with E-state index in [0.717, 1.165) is 0 Å². The molecule has 1 aromatic rings. The number of halogens is 2. The molecule has 0 aliphatic heterocycles. The number of anilines is 1. The minimum absolute atomic E-state index is 0. The van der Waals surface area contributed by atoms with Gasteiger partial charge in [0.1, 0.15) is 5.82 Å². The number of carbonyl (C=O) groups excluding carboxylic acids is 1. The fourth-order valence-corrected chi connectivity index (χ4v) is 1.33. The highest BCUT2D eigenvalue weighted by Crippen LogP contribution is 2.14. The third-order valence-electron chi connectivity index (χ3n) is 2.40. The van der Waals surface area contributed by atoms with Gasteiger partial charge in [-0.2, -0.15) is 0 Å². The van der Waals surface area contributed by atoms with Crippen LogP contribution in [0.5, 0.6) is 0 Å². The zero-order chi connectivity index (χ0) is 12.1. The summed E-state index contributed by atoms with van der Waals surface area (Å²) in [5.74, 6) is -0.564. The molecular formula is C12H18ClFN2O. The van der Waals surface area contributed by atoms with Crippen LogP contribution in [0.4, 0.5) is 10.1 Å². The number of carbonyl (C=O) groups is 1. The van der Waals surface area contributed by atoms with Gasteiger partial charge in [-0.25, -0.2) is 4.39 Å². The lowest BCUT2D eigenvalue weighted by Gasteiger charge is -2.11. The van der Waals surface area contributed by atoms with Crippen molar-refractivity contribution in [3.05, 3.63) is 29.6 Å². The molecule has 2 N–H and O–H groups in total. The molecule has 0 heterocycles. The van der Waals surface area contributed by atoms with E-state index in [4.69, 9.17) is 0 Å². The minimum atomic E-state index is -0.306. The molecule has 17 heavy (non-hydrogen) atoms. The Morgan fingerprint density at radius 2 is 2.12 bits per heavy atom. The van der Waals surface area contributed by atoms with Gasteiger partial charge in [-0.05, 0) is 31.7 Å². The Labute approximate surface area is 107 Å². The molecule has 0 aliphatic rings. The van der Waals surface area contributed by atoms with Crippen molar-refractivity contribution in [3.63, 3.8) is 0 Å². The fraction of sp³-hybridized carbons (Fsp3) is 0.417. The van der Waals surface area contributed by atoms with Crippen molar-refractivity contribution in [1.29, 1.82) is 0 Å². The van der Waals surface area contributed by atoms with E-state index in [1.54, 1.807) is 26.1 Å². The lowest BCUT2D eigenvalue weighted by atomic mass is 10.1. The van der Waals surface area contributed by atoms with Crippen LogP contribution in [0, 0.1) is 18.7 Å². The predicted molar refractivity (Wildman–Crippen MR) is 70.1 cm³/mol. The summed E-state index contributed by atoms with van der Waals surface area (Å²) in [6.45, 7) is 4.10. The van der Waals surface area contributed by atoms with Crippen molar-refractivity contribution in [2.45, 2.75) is 13.8 Å². The van der Waals surface area contributed by atoms with Crippen LogP contribution in [-0.2, 0) is 4.79 Å². The summed E-state index contributed by atoms with van der Waals surface area (Å²) in [5.41, 5.74) is 1.07. The molecule has 1 atom stereocenters. The SMILES string of the molecule is CNCC(C)C(=O)Nc1ccc(C)c(F)c1.Cl. The first-order chi connectivity index (χ1) is 7.54. The second-order valence-corrected chi connectivity index (χ2v) is 3.91. The van der Waals surface area contributed by atoms with E-state index < -0.39 is 0 Å². The molecule has 1 unspecified atom stereocenters. The van der Waals surface area contributed by atoms with Crippen molar-refractivity contribution < 1.29 is 9.18 Å². The van der Waals surface area contributed by atoms with Gasteiger partial charge in [0.2, 0.25) is 5.91 Å². The number of nitrogens with one attached hydrogen (secondary N) is 2. The molecule has 96 valence electrons. The van der Waals surface area contributed by atoms with Crippen LogP contribution in [0.25, 0.3) is 0 Å². The van der Waals surface area contributed by atoms with E-state index in [9.17, 15) is 9.18 Å². The van der Waals surface area contributed by atoms with Gasteiger partial charge >= 0.3 is 0 Å². The molecule has 0 spiro atoms. The lowest BCUT2D eigenvalue weighted by molar-refractivity contribution is -0.119. The van der Waals surface area contributed by atoms with Crippen molar-refractivity contribution in [1.82, 2.24) is 5.32 Å². The molecule has 1 aromatic carbocycles. The van der Waals surface area contributed by atoms with E-state index in [2.05, 4.69) is 10.6 Å². The quantitative estimate of drug-likeness (QED) is 0.873. The summed E-state index contributed by atoms with van der Waals surface area (Å²) in [5, 5.41) is 5.60. The smallest absolute Gasteiger partial charge is 0.228 e. The average Bonchev–Trinajstić information content (AvgIpc) is 2.24. The molecule has 0 saturated heterocycles. The minimum Gasteiger partial charge on any atom is -0.326 e. The van der Waals surface area contributed by atoms with Gasteiger partial charge in [0.15, 0.2) is 0 Å². The second kappa shape index (κ2) is 7.25. The van der Waals surface area contributed by atoms with Gasteiger partial charge < -0.3 is 10.6 Å². The Hall–Kier alpha value is -1.13. The van der Waals surface area contributed by atoms with Crippen LogP contribution in [0.1, 0.15) is 12.5 Å². The molecule has 0 bridgehead atoms. The Morgan fingerprint density at radius 1 is 1.47 bits per heavy atom. The monoisotopic (exact) mass is 260 g/mol. The Bertz CT molecular complexity index is 385. The Kier molecular flexibility index (Phi) is 6.76. The summed E-state index contributed by atoms with van der Waals surface area (Å²) in [6, 6.07) is 4.68. The molecule has 3 nitrogen and oxygen atoms in total. The Morgan fingerprint density at radius 3 is 2.65 bits per heavy atom. The largest absolute Gasteiger partial charge is 0.326 e. The van der Waals surface area contributed by atoms with E-state index in [-0.39, 0.29) is 30.0 Å². The highest BCUT2D eigenvalue weighted by Gasteiger charge is 2.12. The summed E-state index contributed by atoms with van der Waals surface area (Å²) in [4.78, 5) is 11.6. The van der Waals surface area contributed by atoms with E-state index in [1.807, 2.05) is 6.92 Å². The topological polar surface area (TPSA) is 41.1 Å². The highest BCUT2D eigenvalue weighted by atomic mass is 35.5. The van der Waals surface area contributed by atoms with Gasteiger partial charge in [0.25, 0.3) is 0 Å². The molecule has 0 saturated carbocycles. The third kappa shape index (κ3) is 4.71. The zero-order valence-corrected chi connectivity index (χ0v) is 11.0. The number of aryl methyl sites for hydroxylation is 1. The van der Waals surface area contributed by atoms with E-state index >= 15 is 0 Å². The van der Waals surface area contributed by atoms with E-state index in [1.165, 1.54) is 6.07 Å². The number of rotatable bonds is 4. The van der Waals surface area contributed by atoms with Gasteiger partial charge in [-0.1, -0.05) is 13.0 Å². The molecule has 5 heteroatoms. The Balaban J connectivity index is 0.00000256. The number of amides is 1. The van der Waals surface area contributed by atoms with Gasteiger partial charge in [0.05, 0.1) is 0 Å². The van der Waals surface area contributed by atoms with Crippen LogP contribution >= 0.6 is 12.4 Å².